The number of hydrogen-bond donors (Lipinski definition) is 0. The maximum Gasteiger partial charge on any atom is 0.662 e. The van der Waals surface area contributed by atoms with Gasteiger partial charge < -0.3 is 34.2 Å². The summed E-state index contributed by atoms with van der Waals surface area (Å²) in [6.07, 6.45) is 0. The Bertz CT molecular complexity index is 534. The first-order valence-electron chi connectivity index (χ1n) is 11.3. The van der Waals surface area contributed by atoms with Crippen molar-refractivity contribution in [3.05, 3.63) is 0 Å². The van der Waals surface area contributed by atoms with Gasteiger partial charge in [0.1, 0.15) is 0 Å². The molecule has 0 aromatic carbocycles. The molecular formula is C20H48O8Si4. The van der Waals surface area contributed by atoms with E-state index in [0.29, 0.717) is 0 Å². The Balaban J connectivity index is 3.62. The lowest BCUT2D eigenvalue weighted by Crippen LogP contribution is -2.73. The van der Waals surface area contributed by atoms with E-state index in [9.17, 15) is 0 Å². The molecule has 192 valence electrons. The van der Waals surface area contributed by atoms with Gasteiger partial charge in [0, 0.05) is 0 Å². The highest BCUT2D eigenvalue weighted by molar-refractivity contribution is 6.88. The SMILES string of the molecule is CC(C)(C)O[Si]1(OC(C)(C)C)O[Si](C)(C)O[Si](OC(C)(C)C)(OC(C)(C)C)O[Si](C)(C)O1. The third-order valence-corrected chi connectivity index (χ3v) is 18.5. The molecule has 0 radical (unpaired) electrons. The van der Waals surface area contributed by atoms with Gasteiger partial charge in [-0.05, 0) is 109 Å². The smallest absolute Gasteiger partial charge is 0.371 e. The standard InChI is InChI=1S/C20H48O8Si4/c1-17(2,3)21-31(22-18(4,5)6)25-29(13,14)27-32(23-19(7,8)9,24-20(10,11)12)28-30(15,16)26-31/h1-16H3. The van der Waals surface area contributed by atoms with Crippen LogP contribution in [0, 0.1) is 0 Å². The van der Waals surface area contributed by atoms with Crippen molar-refractivity contribution in [3.63, 3.8) is 0 Å². The van der Waals surface area contributed by atoms with Crippen LogP contribution >= 0.6 is 0 Å². The summed E-state index contributed by atoms with van der Waals surface area (Å²) in [5.41, 5.74) is -2.26. The molecule has 12 heteroatoms. The Labute approximate surface area is 201 Å². The van der Waals surface area contributed by atoms with Crippen LogP contribution in [0.1, 0.15) is 83.1 Å². The molecule has 0 aliphatic carbocycles. The van der Waals surface area contributed by atoms with E-state index in [1.807, 2.05) is 109 Å². The van der Waals surface area contributed by atoms with E-state index >= 15 is 0 Å². The van der Waals surface area contributed by atoms with Gasteiger partial charge in [0.15, 0.2) is 0 Å². The minimum atomic E-state index is -3.70. The third kappa shape index (κ3) is 11.3. The van der Waals surface area contributed by atoms with Crippen molar-refractivity contribution in [2.45, 2.75) is 132 Å². The quantitative estimate of drug-likeness (QED) is 0.436. The average molecular weight is 529 g/mol. The summed E-state index contributed by atoms with van der Waals surface area (Å²) >= 11 is 0. The molecule has 1 heterocycles. The Kier molecular flexibility index (Phi) is 8.80. The fourth-order valence-electron chi connectivity index (χ4n) is 3.00. The topological polar surface area (TPSA) is 73.8 Å². The highest BCUT2D eigenvalue weighted by Crippen LogP contribution is 2.39. The molecule has 0 atom stereocenters. The van der Waals surface area contributed by atoms with Crippen LogP contribution in [0.2, 0.25) is 26.2 Å². The van der Waals surface area contributed by atoms with Crippen molar-refractivity contribution in [3.8, 4) is 0 Å². The minimum Gasteiger partial charge on any atom is -0.371 e. The summed E-state index contributed by atoms with van der Waals surface area (Å²) in [7, 11) is -13.4. The fraction of sp³-hybridized carbons (Fsp3) is 1.00. The molecule has 0 aromatic heterocycles. The molecule has 0 spiro atoms. The Morgan fingerprint density at radius 1 is 0.375 bits per heavy atom. The average Bonchev–Trinajstić information content (AvgIpc) is 2.21. The van der Waals surface area contributed by atoms with Gasteiger partial charge in [0.2, 0.25) is 0 Å². The van der Waals surface area contributed by atoms with Gasteiger partial charge in [0.05, 0.1) is 22.4 Å². The predicted molar refractivity (Wildman–Crippen MR) is 134 cm³/mol. The second-order valence-electron chi connectivity index (χ2n) is 13.1. The molecule has 0 bridgehead atoms. The molecule has 1 rings (SSSR count). The second kappa shape index (κ2) is 9.21. The van der Waals surface area contributed by atoms with Crippen molar-refractivity contribution < 1.29 is 34.2 Å². The first-order valence-corrected chi connectivity index (χ1v) is 20.2. The summed E-state index contributed by atoms with van der Waals surface area (Å²) in [4.78, 5) is 0. The van der Waals surface area contributed by atoms with Gasteiger partial charge >= 0.3 is 35.2 Å². The predicted octanol–water partition coefficient (Wildman–Crippen LogP) is 5.60. The van der Waals surface area contributed by atoms with Gasteiger partial charge in [0.25, 0.3) is 0 Å². The van der Waals surface area contributed by atoms with Crippen LogP contribution in [-0.2, 0) is 34.2 Å². The molecule has 1 aliphatic heterocycles. The maximum absolute atomic E-state index is 6.66. The zero-order valence-electron chi connectivity index (χ0n) is 23.3. The fourth-order valence-corrected chi connectivity index (χ4v) is 19.2. The molecule has 0 amide bonds. The van der Waals surface area contributed by atoms with Crippen molar-refractivity contribution in [1.29, 1.82) is 0 Å². The molecule has 8 nitrogen and oxygen atoms in total. The molecule has 1 aliphatic rings. The van der Waals surface area contributed by atoms with Crippen molar-refractivity contribution in [2.24, 2.45) is 0 Å². The van der Waals surface area contributed by atoms with E-state index in [2.05, 4.69) is 0 Å². The Morgan fingerprint density at radius 2 is 0.531 bits per heavy atom. The van der Waals surface area contributed by atoms with Gasteiger partial charge in [-0.1, -0.05) is 0 Å². The van der Waals surface area contributed by atoms with E-state index < -0.39 is 57.6 Å². The lowest BCUT2D eigenvalue weighted by molar-refractivity contribution is -0.0992. The molecule has 0 aromatic rings. The normalized spacial score (nSPS) is 24.0. The summed E-state index contributed by atoms with van der Waals surface area (Å²) in [5, 5.41) is 0. The zero-order chi connectivity index (χ0) is 25.7. The maximum atomic E-state index is 6.66. The van der Waals surface area contributed by atoms with E-state index in [0.717, 1.165) is 0 Å². The Morgan fingerprint density at radius 3 is 0.656 bits per heavy atom. The van der Waals surface area contributed by atoms with Gasteiger partial charge in [-0.25, -0.2) is 0 Å². The highest BCUT2D eigenvalue weighted by atomic mass is 28.6. The van der Waals surface area contributed by atoms with Crippen LogP contribution in [-0.4, -0.2) is 57.6 Å². The van der Waals surface area contributed by atoms with Crippen molar-refractivity contribution in [1.82, 2.24) is 0 Å². The molecule has 0 saturated carbocycles. The molecule has 0 unspecified atom stereocenters. The Hall–Kier alpha value is 0.548. The molecule has 1 saturated heterocycles. The van der Waals surface area contributed by atoms with E-state index in [-0.39, 0.29) is 0 Å². The number of rotatable bonds is 4. The molecule has 0 N–H and O–H groups in total. The molecule has 32 heavy (non-hydrogen) atoms. The molecular weight excluding hydrogens is 481 g/mol. The van der Waals surface area contributed by atoms with E-state index in [1.54, 1.807) is 0 Å². The van der Waals surface area contributed by atoms with Gasteiger partial charge in [-0.3, -0.25) is 0 Å². The van der Waals surface area contributed by atoms with Crippen LogP contribution < -0.4 is 0 Å². The summed E-state index contributed by atoms with van der Waals surface area (Å²) < 4.78 is 52.4. The van der Waals surface area contributed by atoms with E-state index in [4.69, 9.17) is 34.2 Å². The van der Waals surface area contributed by atoms with Crippen LogP contribution in [0.3, 0.4) is 0 Å². The molecule has 1 fully saturated rings. The van der Waals surface area contributed by atoms with Crippen LogP contribution in [0.4, 0.5) is 0 Å². The third-order valence-electron chi connectivity index (χ3n) is 3.21. The van der Waals surface area contributed by atoms with Gasteiger partial charge in [-0.2, -0.15) is 0 Å². The summed E-state index contributed by atoms with van der Waals surface area (Å²) in [6.45, 7) is 31.1. The zero-order valence-corrected chi connectivity index (χ0v) is 27.3. The number of hydrogen-bond acceptors (Lipinski definition) is 8. The first kappa shape index (κ1) is 30.6. The lowest BCUT2D eigenvalue weighted by atomic mass is 10.2. The highest BCUT2D eigenvalue weighted by Gasteiger charge is 2.67. The first-order chi connectivity index (χ1) is 13.7. The monoisotopic (exact) mass is 528 g/mol. The summed E-state index contributed by atoms with van der Waals surface area (Å²) in [6, 6.07) is 0. The van der Waals surface area contributed by atoms with Crippen LogP contribution in [0.5, 0.6) is 0 Å². The van der Waals surface area contributed by atoms with Crippen molar-refractivity contribution >= 4 is 35.2 Å². The van der Waals surface area contributed by atoms with Crippen molar-refractivity contribution in [2.75, 3.05) is 0 Å². The van der Waals surface area contributed by atoms with Gasteiger partial charge in [-0.15, -0.1) is 0 Å². The second-order valence-corrected chi connectivity index (χ2v) is 24.7. The summed E-state index contributed by atoms with van der Waals surface area (Å²) in [5.74, 6) is 0. The lowest BCUT2D eigenvalue weighted by Gasteiger charge is -2.50. The van der Waals surface area contributed by atoms with Crippen LogP contribution in [0.15, 0.2) is 0 Å². The largest absolute Gasteiger partial charge is 0.662 e. The minimum absolute atomic E-state index is 0.566. The van der Waals surface area contributed by atoms with Crippen LogP contribution in [0.25, 0.3) is 0 Å². The van der Waals surface area contributed by atoms with E-state index in [1.165, 1.54) is 0 Å².